The molecule has 6 aromatic carbocycles. The zero-order valence-corrected chi connectivity index (χ0v) is 48.5. The number of carbonyl (C=O) groups excluding carboxylic acids is 7. The smallest absolute Gasteiger partial charge is 0.407 e. The Kier molecular flexibility index (Phi) is 20.5. The molecule has 18 nitrogen and oxygen atoms in total. The van der Waals surface area contributed by atoms with Crippen molar-refractivity contribution in [2.24, 2.45) is 11.0 Å². The molecule has 6 N–H and O–H groups in total. The van der Waals surface area contributed by atoms with Crippen molar-refractivity contribution in [3.05, 3.63) is 198 Å². The minimum atomic E-state index is -4.19. The first kappa shape index (κ1) is 60.8. The highest BCUT2D eigenvalue weighted by Gasteiger charge is 2.46. The Morgan fingerprint density at radius 1 is 0.671 bits per heavy atom. The summed E-state index contributed by atoms with van der Waals surface area (Å²) in [7, 11) is -4.19. The molecule has 0 bridgehead atoms. The third kappa shape index (κ3) is 15.3. The van der Waals surface area contributed by atoms with E-state index in [4.69, 9.17) is 4.74 Å². The number of nitrogens with one attached hydrogen (secondary N) is 6. The number of likely N-dealkylation sites (tertiary alicyclic amines) is 1. The molecule has 0 aromatic heterocycles. The molecule has 1 saturated heterocycles. The van der Waals surface area contributed by atoms with Gasteiger partial charge in [-0.1, -0.05) is 190 Å². The predicted octanol–water partition coefficient (Wildman–Crippen LogP) is 8.60. The third-order valence-electron chi connectivity index (χ3n) is 16.1. The van der Waals surface area contributed by atoms with Gasteiger partial charge in [-0.2, -0.15) is 5.10 Å². The van der Waals surface area contributed by atoms with Crippen LogP contribution in [0.2, 0.25) is 0 Å². The number of amides is 6. The van der Waals surface area contributed by atoms with Crippen molar-refractivity contribution >= 4 is 57.1 Å². The van der Waals surface area contributed by atoms with Crippen LogP contribution in [0.5, 0.6) is 0 Å². The maximum Gasteiger partial charge on any atom is 0.407 e. The SMILES string of the molecule is CCC[C@H](NC(=O)C1C[C@@H](NS(=O)(=O)c2ccccc2)CN1C(=O)[C@@H](NC(=O)OCC1c2ccccc2-c2ccccc21)C1CCCCC1)C(=NNC(=O)NC(c1ccccc1)c1ccccc1)C(=O)NCC(=O)C[C@H](C(C)=O)c1ccccc1. The number of hydrazone groups is 1. The lowest BCUT2D eigenvalue weighted by atomic mass is 9.83. The molecule has 2 aliphatic carbocycles. The molecular weight excluding hydrogens is 1100 g/mol. The van der Waals surface area contributed by atoms with Gasteiger partial charge in [0.05, 0.1) is 23.5 Å². The summed E-state index contributed by atoms with van der Waals surface area (Å²) in [5, 5.41) is 15.7. The number of fused-ring (bicyclic) bond motifs is 3. The summed E-state index contributed by atoms with van der Waals surface area (Å²) >= 11 is 0. The molecule has 6 aromatic rings. The molecule has 5 atom stereocenters. The van der Waals surface area contributed by atoms with Crippen molar-refractivity contribution in [3.63, 3.8) is 0 Å². The number of ketones is 2. The summed E-state index contributed by atoms with van der Waals surface area (Å²) < 4.78 is 36.6. The molecule has 85 heavy (non-hydrogen) atoms. The molecule has 6 amide bonds. The summed E-state index contributed by atoms with van der Waals surface area (Å²) in [5.41, 5.74) is 8.30. The zero-order valence-electron chi connectivity index (χ0n) is 47.7. The van der Waals surface area contributed by atoms with Gasteiger partial charge >= 0.3 is 12.1 Å². The van der Waals surface area contributed by atoms with E-state index in [2.05, 4.69) is 36.5 Å². The summed E-state index contributed by atoms with van der Waals surface area (Å²) in [4.78, 5) is 101. The van der Waals surface area contributed by atoms with Crippen LogP contribution < -0.4 is 31.4 Å². The maximum atomic E-state index is 15.4. The molecule has 1 unspecified atom stereocenters. The highest BCUT2D eigenvalue weighted by Crippen LogP contribution is 2.44. The van der Waals surface area contributed by atoms with Gasteiger partial charge < -0.3 is 30.9 Å². The lowest BCUT2D eigenvalue weighted by Crippen LogP contribution is -2.58. The summed E-state index contributed by atoms with van der Waals surface area (Å²) in [5.74, 6) is -4.44. The van der Waals surface area contributed by atoms with Crippen LogP contribution in [0.15, 0.2) is 180 Å². The van der Waals surface area contributed by atoms with Gasteiger partial charge in [-0.3, -0.25) is 24.0 Å². The second kappa shape index (κ2) is 28.6. The number of alkyl carbamates (subject to hydrolysis) is 1. The van der Waals surface area contributed by atoms with Crippen LogP contribution in [0, 0.1) is 5.92 Å². The highest BCUT2D eigenvalue weighted by atomic mass is 32.2. The van der Waals surface area contributed by atoms with Crippen LogP contribution in [0.4, 0.5) is 9.59 Å². The van der Waals surface area contributed by atoms with Gasteiger partial charge in [0.15, 0.2) is 5.78 Å². The van der Waals surface area contributed by atoms with Gasteiger partial charge in [-0.05, 0) is 89.6 Å². The van der Waals surface area contributed by atoms with E-state index in [9.17, 15) is 32.4 Å². The van der Waals surface area contributed by atoms with E-state index in [1.807, 2.05) is 109 Å². The van der Waals surface area contributed by atoms with E-state index in [0.29, 0.717) is 24.8 Å². The Balaban J connectivity index is 0.996. The molecule has 2 fully saturated rings. The Morgan fingerprint density at radius 2 is 1.22 bits per heavy atom. The summed E-state index contributed by atoms with van der Waals surface area (Å²) in [6.07, 6.45) is 2.83. The number of hydrogen-bond donors (Lipinski definition) is 6. The normalized spacial score (nSPS) is 17.1. The first-order chi connectivity index (χ1) is 41.2. The monoisotopic (exact) mass is 1170 g/mol. The average Bonchev–Trinajstić information content (AvgIpc) is 3.41. The number of rotatable bonds is 24. The lowest BCUT2D eigenvalue weighted by molar-refractivity contribution is -0.141. The molecule has 1 saturated carbocycles. The fraction of sp³-hybridized carbons (Fsp3) is 0.333. The standard InChI is InChI=1S/C66H72N8O10S/c1-3-23-57(61(63(78)67-40-49(76)39-55(43(2)75)44-24-9-4-10-25-44)71-72-65(80)69-59(45-26-11-5-12-27-45)46-28-13-6-14-29-46)68-62(77)58-38-48(73-85(82,83)50-32-17-8-18-33-50)41-74(58)64(79)60(47-30-15-7-16-31-47)70-66(81)84-42-56-53-36-21-19-34-51(53)52-35-20-22-37-54(52)56/h4-6,8-14,17-22,24-29,32-37,47-48,55-60,73H,3,7,15-16,23,30-31,38-42H2,1-2H3,(H,67,78)(H,68,77)(H,70,81)(H2,69,72,80)/t48-,55-,57+,58?,60+/m1/s1. The fourth-order valence-electron chi connectivity index (χ4n) is 11.9. The molecule has 0 spiro atoms. The van der Waals surface area contributed by atoms with Crippen molar-refractivity contribution < 1.29 is 46.7 Å². The first-order valence-corrected chi connectivity index (χ1v) is 30.6. The predicted molar refractivity (Wildman–Crippen MR) is 322 cm³/mol. The number of carbonyl (C=O) groups is 7. The molecular formula is C66H72N8O10S. The number of sulfonamides is 1. The number of hydrogen-bond acceptors (Lipinski definition) is 11. The van der Waals surface area contributed by atoms with Gasteiger partial charge in [0.1, 0.15) is 30.2 Å². The Morgan fingerprint density at radius 3 is 1.80 bits per heavy atom. The minimum absolute atomic E-state index is 0.0161. The topological polar surface area (TPSA) is 251 Å². The number of benzene rings is 6. The van der Waals surface area contributed by atoms with Gasteiger partial charge in [-0.25, -0.2) is 28.2 Å². The van der Waals surface area contributed by atoms with Gasteiger partial charge in [-0.15, -0.1) is 0 Å². The molecule has 3 aliphatic rings. The minimum Gasteiger partial charge on any atom is -0.449 e. The van der Waals surface area contributed by atoms with Gasteiger partial charge in [0, 0.05) is 30.8 Å². The van der Waals surface area contributed by atoms with E-state index in [1.54, 1.807) is 55.5 Å². The Hall–Kier alpha value is -8.81. The molecule has 1 heterocycles. The number of Topliss-reactive ketones (excluding diaryl/α,β-unsaturated/α-hetero) is 2. The van der Waals surface area contributed by atoms with Gasteiger partial charge in [0.2, 0.25) is 21.8 Å². The van der Waals surface area contributed by atoms with Crippen molar-refractivity contribution in [2.45, 2.75) is 119 Å². The molecule has 1 aliphatic heterocycles. The summed E-state index contributed by atoms with van der Waals surface area (Å²) in [6, 6.07) is 44.5. The second-order valence-electron chi connectivity index (χ2n) is 21.9. The fourth-order valence-corrected chi connectivity index (χ4v) is 13.2. The van der Waals surface area contributed by atoms with E-state index >= 15 is 9.59 Å². The maximum absolute atomic E-state index is 15.4. The number of nitrogens with zero attached hydrogens (tertiary/aromatic N) is 2. The van der Waals surface area contributed by atoms with Crippen molar-refractivity contribution in [1.29, 1.82) is 0 Å². The second-order valence-corrected chi connectivity index (χ2v) is 23.6. The molecule has 19 heteroatoms. The first-order valence-electron chi connectivity index (χ1n) is 29.1. The zero-order chi connectivity index (χ0) is 59.9. The van der Waals surface area contributed by atoms with Crippen molar-refractivity contribution in [3.8, 4) is 11.1 Å². The lowest BCUT2D eigenvalue weighted by Gasteiger charge is -2.34. The average molecular weight is 1170 g/mol. The van der Waals surface area contributed by atoms with Crippen LogP contribution in [0.25, 0.3) is 11.1 Å². The Labute approximate surface area is 496 Å². The number of urea groups is 1. The van der Waals surface area contributed by atoms with Crippen LogP contribution in [0.1, 0.15) is 117 Å². The van der Waals surface area contributed by atoms with Crippen molar-refractivity contribution in [2.75, 3.05) is 19.7 Å². The van der Waals surface area contributed by atoms with E-state index in [1.165, 1.54) is 24.0 Å². The highest BCUT2D eigenvalue weighted by molar-refractivity contribution is 7.89. The molecule has 0 radical (unpaired) electrons. The van der Waals surface area contributed by atoms with Crippen LogP contribution >= 0.6 is 0 Å². The van der Waals surface area contributed by atoms with Crippen molar-refractivity contribution in [1.82, 2.24) is 36.3 Å². The molecule has 442 valence electrons. The van der Waals surface area contributed by atoms with E-state index < -0.39 is 94.0 Å². The van der Waals surface area contributed by atoms with Crippen LogP contribution in [0.3, 0.4) is 0 Å². The largest absolute Gasteiger partial charge is 0.449 e. The summed E-state index contributed by atoms with van der Waals surface area (Å²) in [6.45, 7) is 2.37. The van der Waals surface area contributed by atoms with Crippen LogP contribution in [-0.4, -0.2) is 104 Å². The quantitative estimate of drug-likeness (QED) is 0.0249. The van der Waals surface area contributed by atoms with E-state index in [-0.39, 0.29) is 54.9 Å². The van der Waals surface area contributed by atoms with Gasteiger partial charge in [0.25, 0.3) is 5.91 Å². The van der Waals surface area contributed by atoms with E-state index in [0.717, 1.165) is 52.6 Å². The molecule has 9 rings (SSSR count). The Bertz CT molecular complexity index is 3390. The van der Waals surface area contributed by atoms with Crippen LogP contribution in [-0.2, 0) is 38.7 Å². The number of ether oxygens (including phenoxy) is 1. The third-order valence-corrected chi connectivity index (χ3v) is 17.6.